The van der Waals surface area contributed by atoms with Crippen molar-refractivity contribution in [1.82, 2.24) is 9.61 Å². The van der Waals surface area contributed by atoms with Crippen molar-refractivity contribution in [3.8, 4) is 0 Å². The Hall–Kier alpha value is -0.730. The van der Waals surface area contributed by atoms with Crippen molar-refractivity contribution < 1.29 is 0 Å². The largest absolute Gasteiger partial charge is 0.238 e. The molecule has 0 saturated carbocycles. The van der Waals surface area contributed by atoms with Crippen molar-refractivity contribution in [3.63, 3.8) is 0 Å². The number of halogens is 2. The molecule has 0 radical (unpaired) electrons. The van der Waals surface area contributed by atoms with Crippen LogP contribution in [0.1, 0.15) is 0 Å². The van der Waals surface area contributed by atoms with Crippen molar-refractivity contribution in [2.45, 2.75) is 0 Å². The van der Waals surface area contributed by atoms with E-state index in [2.05, 4.69) is 5.10 Å². The first-order valence-corrected chi connectivity index (χ1v) is 3.81. The lowest BCUT2D eigenvalue weighted by Crippen LogP contribution is -1.85. The average Bonchev–Trinajstić information content (AvgIpc) is 2.34. The molecule has 4 heteroatoms. The van der Waals surface area contributed by atoms with E-state index >= 15 is 0 Å². The summed E-state index contributed by atoms with van der Waals surface area (Å²) < 4.78 is 1.64. The molecular formula is C7H4Cl2N2. The van der Waals surface area contributed by atoms with Gasteiger partial charge in [-0.3, -0.25) is 0 Å². The summed E-state index contributed by atoms with van der Waals surface area (Å²) in [6, 6.07) is 3.53. The van der Waals surface area contributed by atoms with Gasteiger partial charge in [-0.05, 0) is 12.1 Å². The molecule has 0 atom stereocenters. The highest BCUT2D eigenvalue weighted by Crippen LogP contribution is 2.20. The molecule has 0 unspecified atom stereocenters. The summed E-state index contributed by atoms with van der Waals surface area (Å²) in [5.74, 6) is 0. The Labute approximate surface area is 73.3 Å². The molecule has 0 N–H and O–H groups in total. The van der Waals surface area contributed by atoms with E-state index in [1.54, 1.807) is 23.0 Å². The van der Waals surface area contributed by atoms with E-state index < -0.39 is 0 Å². The molecule has 0 aliphatic carbocycles. The molecule has 0 saturated heterocycles. The van der Waals surface area contributed by atoms with Gasteiger partial charge >= 0.3 is 0 Å². The minimum absolute atomic E-state index is 0.589. The maximum Gasteiger partial charge on any atom is 0.0848 e. The van der Waals surface area contributed by atoms with Gasteiger partial charge in [0.1, 0.15) is 0 Å². The normalized spacial score (nSPS) is 10.7. The van der Waals surface area contributed by atoms with Crippen LogP contribution in [0.25, 0.3) is 5.52 Å². The zero-order chi connectivity index (χ0) is 7.84. The Bertz CT molecular complexity index is 394. The fraction of sp³-hybridized carbons (Fsp3) is 0. The highest BCUT2D eigenvalue weighted by atomic mass is 35.5. The molecule has 0 fully saturated rings. The van der Waals surface area contributed by atoms with Gasteiger partial charge in [0.25, 0.3) is 0 Å². The molecule has 0 aliphatic heterocycles. The molecule has 0 spiro atoms. The Morgan fingerprint density at radius 3 is 3.00 bits per heavy atom. The van der Waals surface area contributed by atoms with Crippen LogP contribution in [0.3, 0.4) is 0 Å². The van der Waals surface area contributed by atoms with Crippen molar-refractivity contribution >= 4 is 28.7 Å². The SMILES string of the molecule is Clc1cc(Cl)c2ccnn2c1. The van der Waals surface area contributed by atoms with E-state index in [0.29, 0.717) is 10.0 Å². The van der Waals surface area contributed by atoms with Crippen LogP contribution in [0.2, 0.25) is 10.0 Å². The van der Waals surface area contributed by atoms with E-state index in [9.17, 15) is 0 Å². The Balaban J connectivity index is 2.91. The summed E-state index contributed by atoms with van der Waals surface area (Å²) in [5.41, 5.74) is 0.871. The topological polar surface area (TPSA) is 17.3 Å². The van der Waals surface area contributed by atoms with Gasteiger partial charge in [-0.1, -0.05) is 23.2 Å². The van der Waals surface area contributed by atoms with Gasteiger partial charge in [0.15, 0.2) is 0 Å². The van der Waals surface area contributed by atoms with Gasteiger partial charge in [-0.25, -0.2) is 4.52 Å². The quantitative estimate of drug-likeness (QED) is 0.619. The summed E-state index contributed by atoms with van der Waals surface area (Å²) >= 11 is 11.6. The van der Waals surface area contributed by atoms with Crippen molar-refractivity contribution in [2.24, 2.45) is 0 Å². The Morgan fingerprint density at radius 1 is 1.36 bits per heavy atom. The predicted molar refractivity (Wildman–Crippen MR) is 45.2 cm³/mol. The number of hydrogen-bond acceptors (Lipinski definition) is 1. The maximum atomic E-state index is 5.86. The minimum Gasteiger partial charge on any atom is -0.238 e. The molecule has 2 aromatic rings. The lowest BCUT2D eigenvalue weighted by Gasteiger charge is -1.95. The zero-order valence-electron chi connectivity index (χ0n) is 5.46. The number of pyridine rings is 1. The van der Waals surface area contributed by atoms with Crippen LogP contribution < -0.4 is 0 Å². The van der Waals surface area contributed by atoms with Crippen LogP contribution in [-0.2, 0) is 0 Å². The summed E-state index contributed by atoms with van der Waals surface area (Å²) in [4.78, 5) is 0. The Kier molecular flexibility index (Phi) is 1.51. The minimum atomic E-state index is 0.589. The molecule has 0 bridgehead atoms. The first kappa shape index (κ1) is 6.95. The van der Waals surface area contributed by atoms with E-state index in [0.717, 1.165) is 5.52 Å². The van der Waals surface area contributed by atoms with Crippen LogP contribution in [-0.4, -0.2) is 9.61 Å². The van der Waals surface area contributed by atoms with Gasteiger partial charge in [0.05, 0.1) is 21.8 Å². The highest BCUT2D eigenvalue weighted by Gasteiger charge is 1.99. The van der Waals surface area contributed by atoms with Crippen molar-refractivity contribution in [2.75, 3.05) is 0 Å². The molecular weight excluding hydrogens is 183 g/mol. The number of aromatic nitrogens is 2. The monoisotopic (exact) mass is 186 g/mol. The second-order valence-corrected chi connectivity index (χ2v) is 3.01. The third-order valence-electron chi connectivity index (χ3n) is 1.43. The Morgan fingerprint density at radius 2 is 2.18 bits per heavy atom. The predicted octanol–water partition coefficient (Wildman–Crippen LogP) is 2.64. The molecule has 11 heavy (non-hydrogen) atoms. The summed E-state index contributed by atoms with van der Waals surface area (Å²) in [5, 5.41) is 5.20. The molecule has 2 heterocycles. The van der Waals surface area contributed by atoms with Gasteiger partial charge in [0, 0.05) is 6.20 Å². The van der Waals surface area contributed by atoms with Gasteiger partial charge in [-0.2, -0.15) is 5.10 Å². The van der Waals surface area contributed by atoms with E-state index in [-0.39, 0.29) is 0 Å². The highest BCUT2D eigenvalue weighted by molar-refractivity contribution is 6.36. The van der Waals surface area contributed by atoms with Crippen LogP contribution in [0.5, 0.6) is 0 Å². The van der Waals surface area contributed by atoms with E-state index in [1.165, 1.54) is 0 Å². The fourth-order valence-electron chi connectivity index (χ4n) is 0.955. The third kappa shape index (κ3) is 1.08. The lowest BCUT2D eigenvalue weighted by atomic mass is 10.4. The van der Waals surface area contributed by atoms with Gasteiger partial charge in [0.2, 0.25) is 0 Å². The third-order valence-corrected chi connectivity index (χ3v) is 1.93. The average molecular weight is 187 g/mol. The van der Waals surface area contributed by atoms with E-state index in [1.807, 2.05) is 6.07 Å². The standard InChI is InChI=1S/C7H4Cl2N2/c8-5-3-6(9)7-1-2-10-11(7)4-5/h1-4H. The first-order valence-electron chi connectivity index (χ1n) is 3.06. The van der Waals surface area contributed by atoms with Crippen LogP contribution in [0.4, 0.5) is 0 Å². The molecule has 0 amide bonds. The maximum absolute atomic E-state index is 5.86. The van der Waals surface area contributed by atoms with Gasteiger partial charge in [-0.15, -0.1) is 0 Å². The van der Waals surface area contributed by atoms with Crippen LogP contribution in [0, 0.1) is 0 Å². The second-order valence-electron chi connectivity index (χ2n) is 2.17. The number of hydrogen-bond donors (Lipinski definition) is 0. The molecule has 56 valence electrons. The summed E-state index contributed by atoms with van der Waals surface area (Å²) in [7, 11) is 0. The van der Waals surface area contributed by atoms with E-state index in [4.69, 9.17) is 23.2 Å². The molecule has 2 rings (SSSR count). The fourth-order valence-corrected chi connectivity index (χ4v) is 1.48. The van der Waals surface area contributed by atoms with Crippen molar-refractivity contribution in [3.05, 3.63) is 34.6 Å². The summed E-state index contributed by atoms with van der Waals surface area (Å²) in [6.07, 6.45) is 3.39. The van der Waals surface area contributed by atoms with Gasteiger partial charge < -0.3 is 0 Å². The summed E-state index contributed by atoms with van der Waals surface area (Å²) in [6.45, 7) is 0. The lowest BCUT2D eigenvalue weighted by molar-refractivity contribution is 0.961. The molecule has 2 aromatic heterocycles. The van der Waals surface area contributed by atoms with Crippen LogP contribution >= 0.6 is 23.2 Å². The van der Waals surface area contributed by atoms with Crippen molar-refractivity contribution in [1.29, 1.82) is 0 Å². The zero-order valence-corrected chi connectivity index (χ0v) is 6.97. The molecule has 0 aliphatic rings. The first-order chi connectivity index (χ1) is 5.27. The number of nitrogens with zero attached hydrogens (tertiary/aromatic N) is 2. The molecule has 2 nitrogen and oxygen atoms in total. The smallest absolute Gasteiger partial charge is 0.0848 e. The van der Waals surface area contributed by atoms with Crippen LogP contribution in [0.15, 0.2) is 24.5 Å². The molecule has 0 aromatic carbocycles. The second kappa shape index (κ2) is 2.40. The number of fused-ring (bicyclic) bond motifs is 1. The number of rotatable bonds is 0.